The fourth-order valence-corrected chi connectivity index (χ4v) is 4.23. The first-order chi connectivity index (χ1) is 12.0. The maximum atomic E-state index is 12.4. The van der Waals surface area contributed by atoms with Crippen LogP contribution in [-0.2, 0) is 24.0 Å². The maximum Gasteiger partial charge on any atom is 0.353 e. The number of amides is 2. The second kappa shape index (κ2) is 6.84. The standard InChI is InChI=1S/C14H16N4O6S/c1-24-16-4-6-5-25-13-9(12(21)18(13)10(6)14(22)23)17-11(20)8-7(19)2-3-15-8/h4,8-9,13,15H,2-3,5H2,1H3,(H,17,20)(H,22,23)/t8?,9-,13+/m1/s1. The minimum absolute atomic E-state index is 0.171. The Morgan fingerprint density at radius 3 is 2.84 bits per heavy atom. The summed E-state index contributed by atoms with van der Waals surface area (Å²) in [6, 6.07) is -1.81. The van der Waals surface area contributed by atoms with Gasteiger partial charge >= 0.3 is 5.97 Å². The number of β-lactam (4-membered cyclic amide) rings is 1. The van der Waals surface area contributed by atoms with Crippen LogP contribution in [0.2, 0.25) is 0 Å². The van der Waals surface area contributed by atoms with Gasteiger partial charge in [-0.3, -0.25) is 24.6 Å². The number of rotatable bonds is 5. The minimum atomic E-state index is -1.26. The maximum absolute atomic E-state index is 12.4. The molecule has 134 valence electrons. The van der Waals surface area contributed by atoms with Crippen molar-refractivity contribution in [2.75, 3.05) is 19.4 Å². The van der Waals surface area contributed by atoms with E-state index in [0.29, 0.717) is 17.9 Å². The lowest BCUT2D eigenvalue weighted by Crippen LogP contribution is -2.71. The molecule has 2 amide bonds. The molecular weight excluding hydrogens is 352 g/mol. The molecule has 0 bridgehead atoms. The van der Waals surface area contributed by atoms with E-state index in [1.807, 2.05) is 0 Å². The van der Waals surface area contributed by atoms with Crippen molar-refractivity contribution in [3.63, 3.8) is 0 Å². The fourth-order valence-electron chi connectivity index (χ4n) is 2.93. The Labute approximate surface area is 146 Å². The zero-order valence-electron chi connectivity index (χ0n) is 13.2. The minimum Gasteiger partial charge on any atom is -0.477 e. The number of carboxylic acid groups (broad SMARTS) is 1. The number of Topliss-reactive ketones (excluding diaryl/α,β-unsaturated/α-hetero) is 1. The molecule has 2 saturated heterocycles. The van der Waals surface area contributed by atoms with Gasteiger partial charge in [0.25, 0.3) is 5.91 Å². The lowest BCUT2D eigenvalue weighted by atomic mass is 10.0. The Kier molecular flexibility index (Phi) is 4.77. The lowest BCUT2D eigenvalue weighted by Gasteiger charge is -2.49. The number of aliphatic carboxylic acids is 1. The number of hydrogen-bond donors (Lipinski definition) is 3. The highest BCUT2D eigenvalue weighted by Gasteiger charge is 2.54. The first-order valence-corrected chi connectivity index (χ1v) is 8.54. The van der Waals surface area contributed by atoms with Crippen LogP contribution in [0.3, 0.4) is 0 Å². The van der Waals surface area contributed by atoms with Crippen molar-refractivity contribution in [2.24, 2.45) is 5.16 Å². The van der Waals surface area contributed by atoms with Crippen LogP contribution in [0, 0.1) is 0 Å². The quantitative estimate of drug-likeness (QED) is 0.226. The summed E-state index contributed by atoms with van der Waals surface area (Å²) < 4.78 is 0. The van der Waals surface area contributed by atoms with Gasteiger partial charge in [0.2, 0.25) is 5.91 Å². The van der Waals surface area contributed by atoms with Gasteiger partial charge < -0.3 is 15.3 Å². The van der Waals surface area contributed by atoms with Crippen LogP contribution < -0.4 is 10.6 Å². The number of ketones is 1. The van der Waals surface area contributed by atoms with Crippen LogP contribution in [-0.4, -0.2) is 76.7 Å². The SMILES string of the molecule is CON=CC1=C(C(=O)O)N2C(=O)[C@@H](NC(=O)C3NCCC3=O)[C@@H]2SC1. The highest BCUT2D eigenvalue weighted by molar-refractivity contribution is 8.00. The van der Waals surface area contributed by atoms with E-state index in [0.717, 1.165) is 4.90 Å². The molecule has 11 heteroatoms. The molecule has 0 saturated carbocycles. The number of fused-ring (bicyclic) bond motifs is 1. The molecule has 3 heterocycles. The Hall–Kier alpha value is -2.40. The summed E-state index contributed by atoms with van der Waals surface area (Å²) in [5, 5.41) is 17.8. The summed E-state index contributed by atoms with van der Waals surface area (Å²) in [5.41, 5.74) is 0.177. The third-order valence-electron chi connectivity index (χ3n) is 4.12. The van der Waals surface area contributed by atoms with Crippen LogP contribution in [0.4, 0.5) is 0 Å². The highest BCUT2D eigenvalue weighted by atomic mass is 32.2. The van der Waals surface area contributed by atoms with Gasteiger partial charge in [-0.05, 0) is 0 Å². The molecular formula is C14H16N4O6S. The number of nitrogens with one attached hydrogen (secondary N) is 2. The second-order valence-corrected chi connectivity index (χ2v) is 6.70. The van der Waals surface area contributed by atoms with Crippen LogP contribution in [0.1, 0.15) is 6.42 Å². The molecule has 3 N–H and O–H groups in total. The molecule has 0 radical (unpaired) electrons. The summed E-state index contributed by atoms with van der Waals surface area (Å²) in [6.07, 6.45) is 1.53. The van der Waals surface area contributed by atoms with Crippen LogP contribution >= 0.6 is 11.8 Å². The molecule has 1 unspecified atom stereocenters. The third-order valence-corrected chi connectivity index (χ3v) is 5.42. The van der Waals surface area contributed by atoms with Gasteiger partial charge in [0.15, 0.2) is 5.78 Å². The van der Waals surface area contributed by atoms with Crippen molar-refractivity contribution in [3.8, 4) is 0 Å². The zero-order chi connectivity index (χ0) is 18.1. The van der Waals surface area contributed by atoms with Gasteiger partial charge in [-0.25, -0.2) is 4.79 Å². The van der Waals surface area contributed by atoms with Gasteiger partial charge in [-0.15, -0.1) is 11.8 Å². The van der Waals surface area contributed by atoms with E-state index in [1.54, 1.807) is 0 Å². The van der Waals surface area contributed by atoms with Gasteiger partial charge in [-0.1, -0.05) is 5.16 Å². The van der Waals surface area contributed by atoms with E-state index in [2.05, 4.69) is 20.6 Å². The van der Waals surface area contributed by atoms with Crippen molar-refractivity contribution in [3.05, 3.63) is 11.3 Å². The molecule has 0 aliphatic carbocycles. The Bertz CT molecular complexity index is 705. The van der Waals surface area contributed by atoms with E-state index < -0.39 is 35.2 Å². The number of carbonyl (C=O) groups excluding carboxylic acids is 3. The van der Waals surface area contributed by atoms with Crippen LogP contribution in [0.15, 0.2) is 16.4 Å². The highest BCUT2D eigenvalue weighted by Crippen LogP contribution is 2.39. The summed E-state index contributed by atoms with van der Waals surface area (Å²) in [4.78, 5) is 53.4. The summed E-state index contributed by atoms with van der Waals surface area (Å²) in [5.74, 6) is -2.27. The van der Waals surface area contributed by atoms with Crippen LogP contribution in [0.5, 0.6) is 0 Å². The summed E-state index contributed by atoms with van der Waals surface area (Å²) in [7, 11) is 1.33. The lowest BCUT2D eigenvalue weighted by molar-refractivity contribution is -0.151. The van der Waals surface area contributed by atoms with Gasteiger partial charge in [0, 0.05) is 24.3 Å². The van der Waals surface area contributed by atoms with Crippen molar-refractivity contribution >= 4 is 41.5 Å². The zero-order valence-corrected chi connectivity index (χ0v) is 14.0. The third kappa shape index (κ3) is 3.00. The average molecular weight is 368 g/mol. The predicted octanol–water partition coefficient (Wildman–Crippen LogP) is -1.71. The molecule has 10 nitrogen and oxygen atoms in total. The van der Waals surface area contributed by atoms with E-state index >= 15 is 0 Å². The molecule has 0 aromatic carbocycles. The average Bonchev–Trinajstić information content (AvgIpc) is 3.02. The Balaban J connectivity index is 1.75. The largest absolute Gasteiger partial charge is 0.477 e. The molecule has 3 aliphatic rings. The second-order valence-electron chi connectivity index (χ2n) is 5.60. The van der Waals surface area contributed by atoms with E-state index in [9.17, 15) is 24.3 Å². The van der Waals surface area contributed by atoms with E-state index in [4.69, 9.17) is 0 Å². The molecule has 3 atom stereocenters. The first kappa shape index (κ1) is 17.4. The van der Waals surface area contributed by atoms with Crippen molar-refractivity contribution in [1.82, 2.24) is 15.5 Å². The number of hydrogen-bond acceptors (Lipinski definition) is 8. The molecule has 25 heavy (non-hydrogen) atoms. The molecule has 0 spiro atoms. The summed E-state index contributed by atoms with van der Waals surface area (Å²) >= 11 is 1.31. The Morgan fingerprint density at radius 2 is 2.24 bits per heavy atom. The van der Waals surface area contributed by atoms with Gasteiger partial charge in [0.05, 0.1) is 6.21 Å². The topological polar surface area (TPSA) is 137 Å². The van der Waals surface area contributed by atoms with Crippen LogP contribution in [0.25, 0.3) is 0 Å². The number of carboxylic acids is 1. The number of oxime groups is 1. The molecule has 3 rings (SSSR count). The molecule has 3 aliphatic heterocycles. The van der Waals surface area contributed by atoms with E-state index in [1.165, 1.54) is 25.1 Å². The molecule has 0 aromatic rings. The van der Waals surface area contributed by atoms with Gasteiger partial charge in [-0.2, -0.15) is 0 Å². The first-order valence-electron chi connectivity index (χ1n) is 7.49. The molecule has 2 fully saturated rings. The summed E-state index contributed by atoms with van der Waals surface area (Å²) in [6.45, 7) is 0.425. The van der Waals surface area contributed by atoms with E-state index in [-0.39, 0.29) is 17.9 Å². The van der Waals surface area contributed by atoms with Crippen molar-refractivity contribution < 1.29 is 29.1 Å². The monoisotopic (exact) mass is 368 g/mol. The number of carbonyl (C=O) groups is 4. The van der Waals surface area contributed by atoms with Gasteiger partial charge in [0.1, 0.15) is 30.3 Å². The predicted molar refractivity (Wildman–Crippen MR) is 86.6 cm³/mol. The fraction of sp³-hybridized carbons (Fsp3) is 0.500. The number of thioether (sulfide) groups is 1. The van der Waals surface area contributed by atoms with Crippen molar-refractivity contribution in [2.45, 2.75) is 23.9 Å². The smallest absolute Gasteiger partial charge is 0.353 e. The normalized spacial score (nSPS) is 28.8. The van der Waals surface area contributed by atoms with Crippen molar-refractivity contribution in [1.29, 1.82) is 0 Å². The number of nitrogens with zero attached hydrogens (tertiary/aromatic N) is 2. The molecule has 0 aromatic heterocycles. The Morgan fingerprint density at radius 1 is 1.48 bits per heavy atom.